The number of fused-ring (bicyclic) bond motifs is 1. The fourth-order valence-corrected chi connectivity index (χ4v) is 3.37. The van der Waals surface area contributed by atoms with E-state index < -0.39 is 0 Å². The Morgan fingerprint density at radius 1 is 1.11 bits per heavy atom. The lowest BCUT2D eigenvalue weighted by Gasteiger charge is -2.32. The van der Waals surface area contributed by atoms with Gasteiger partial charge in [-0.1, -0.05) is 0 Å². The number of hydrogen-bond donors (Lipinski definition) is 0. The highest BCUT2D eigenvalue weighted by Crippen LogP contribution is 2.22. The summed E-state index contributed by atoms with van der Waals surface area (Å²) in [4.78, 5) is 27.3. The highest BCUT2D eigenvalue weighted by Gasteiger charge is 2.24. The zero-order valence-corrected chi connectivity index (χ0v) is 15.3. The summed E-state index contributed by atoms with van der Waals surface area (Å²) in [6.07, 6.45) is 6.59. The summed E-state index contributed by atoms with van der Waals surface area (Å²) in [7, 11) is 0. The molecule has 3 heterocycles. The maximum atomic E-state index is 12.8. The zero-order chi connectivity index (χ0) is 19.3. The highest BCUT2D eigenvalue weighted by molar-refractivity contribution is 5.97. The van der Waals surface area contributed by atoms with Gasteiger partial charge in [0.2, 0.25) is 5.88 Å². The van der Waals surface area contributed by atoms with E-state index in [0.29, 0.717) is 42.6 Å². The summed E-state index contributed by atoms with van der Waals surface area (Å²) in [6, 6.07) is 10.9. The molecule has 0 unspecified atom stereocenters. The van der Waals surface area contributed by atoms with E-state index in [1.807, 2.05) is 11.0 Å². The first-order chi connectivity index (χ1) is 13.7. The Morgan fingerprint density at radius 2 is 1.89 bits per heavy atom. The number of piperidine rings is 1. The molecule has 1 saturated heterocycles. The SMILES string of the molecule is N#Cc1cccnc1OCC1CCN(C(=O)c2ccc3nccnc3c2)CC1. The monoisotopic (exact) mass is 373 g/mol. The van der Waals surface area contributed by atoms with E-state index in [1.165, 1.54) is 0 Å². The number of rotatable bonds is 4. The van der Waals surface area contributed by atoms with E-state index in [2.05, 4.69) is 21.0 Å². The topological polar surface area (TPSA) is 92.0 Å². The van der Waals surface area contributed by atoms with Crippen LogP contribution in [0.2, 0.25) is 0 Å². The van der Waals surface area contributed by atoms with Crippen molar-refractivity contribution in [1.82, 2.24) is 19.9 Å². The molecule has 4 rings (SSSR count). The fourth-order valence-electron chi connectivity index (χ4n) is 3.37. The molecule has 7 nitrogen and oxygen atoms in total. The molecule has 1 aliphatic heterocycles. The van der Waals surface area contributed by atoms with Crippen LogP contribution in [0.3, 0.4) is 0 Å². The largest absolute Gasteiger partial charge is 0.476 e. The quantitative estimate of drug-likeness (QED) is 0.698. The van der Waals surface area contributed by atoms with Gasteiger partial charge in [0.25, 0.3) is 5.91 Å². The maximum absolute atomic E-state index is 12.8. The van der Waals surface area contributed by atoms with Gasteiger partial charge in [-0.2, -0.15) is 5.26 Å². The van der Waals surface area contributed by atoms with Crippen molar-refractivity contribution >= 4 is 16.9 Å². The maximum Gasteiger partial charge on any atom is 0.253 e. The molecule has 0 saturated carbocycles. The first kappa shape index (κ1) is 17.9. The van der Waals surface area contributed by atoms with Crippen molar-refractivity contribution in [2.75, 3.05) is 19.7 Å². The summed E-state index contributed by atoms with van der Waals surface area (Å²) in [6.45, 7) is 1.86. The number of hydrogen-bond acceptors (Lipinski definition) is 6. The Balaban J connectivity index is 1.34. The van der Waals surface area contributed by atoms with Crippen LogP contribution >= 0.6 is 0 Å². The van der Waals surface area contributed by atoms with Crippen LogP contribution in [-0.4, -0.2) is 45.5 Å². The van der Waals surface area contributed by atoms with Gasteiger partial charge < -0.3 is 9.64 Å². The minimum Gasteiger partial charge on any atom is -0.476 e. The summed E-state index contributed by atoms with van der Waals surface area (Å²) >= 11 is 0. The van der Waals surface area contributed by atoms with Crippen molar-refractivity contribution in [3.05, 3.63) is 60.0 Å². The van der Waals surface area contributed by atoms with Gasteiger partial charge in [0, 0.05) is 37.2 Å². The summed E-state index contributed by atoms with van der Waals surface area (Å²) in [5.41, 5.74) is 2.57. The molecule has 1 aromatic carbocycles. The second-order valence-electron chi connectivity index (χ2n) is 6.77. The van der Waals surface area contributed by atoms with Crippen LogP contribution in [0.25, 0.3) is 11.0 Å². The van der Waals surface area contributed by atoms with Crippen molar-refractivity contribution < 1.29 is 9.53 Å². The van der Waals surface area contributed by atoms with E-state index in [1.54, 1.807) is 42.9 Å². The van der Waals surface area contributed by atoms with Crippen LogP contribution in [-0.2, 0) is 0 Å². The van der Waals surface area contributed by atoms with Crippen LogP contribution in [0.1, 0.15) is 28.8 Å². The van der Waals surface area contributed by atoms with Gasteiger partial charge in [-0.15, -0.1) is 0 Å². The molecule has 28 heavy (non-hydrogen) atoms. The van der Waals surface area contributed by atoms with Gasteiger partial charge in [-0.3, -0.25) is 14.8 Å². The summed E-state index contributed by atoms with van der Waals surface area (Å²) in [5, 5.41) is 9.10. The molecule has 0 atom stereocenters. The number of ether oxygens (including phenoxy) is 1. The van der Waals surface area contributed by atoms with E-state index >= 15 is 0 Å². The molecule has 0 radical (unpaired) electrons. The van der Waals surface area contributed by atoms with Crippen molar-refractivity contribution in [3.63, 3.8) is 0 Å². The number of nitriles is 1. The summed E-state index contributed by atoms with van der Waals surface area (Å²) < 4.78 is 5.74. The first-order valence-electron chi connectivity index (χ1n) is 9.22. The molecule has 0 bridgehead atoms. The van der Waals surface area contributed by atoms with E-state index in [9.17, 15) is 4.79 Å². The smallest absolute Gasteiger partial charge is 0.253 e. The number of amides is 1. The second-order valence-corrected chi connectivity index (χ2v) is 6.77. The zero-order valence-electron chi connectivity index (χ0n) is 15.3. The van der Waals surface area contributed by atoms with Gasteiger partial charge in [0.05, 0.1) is 17.6 Å². The van der Waals surface area contributed by atoms with Gasteiger partial charge in [0.1, 0.15) is 11.6 Å². The number of pyridine rings is 1. The third-order valence-corrected chi connectivity index (χ3v) is 4.97. The number of benzene rings is 1. The van der Waals surface area contributed by atoms with E-state index in [-0.39, 0.29) is 5.91 Å². The molecule has 140 valence electrons. The molecule has 1 aliphatic rings. The lowest BCUT2D eigenvalue weighted by Crippen LogP contribution is -2.39. The van der Waals surface area contributed by atoms with Crippen molar-refractivity contribution in [3.8, 4) is 11.9 Å². The molecule has 2 aromatic heterocycles. The minimum atomic E-state index is 0.0171. The summed E-state index contributed by atoms with van der Waals surface area (Å²) in [5.74, 6) is 0.726. The molecule has 1 fully saturated rings. The average Bonchev–Trinajstić information content (AvgIpc) is 2.77. The third-order valence-electron chi connectivity index (χ3n) is 4.97. The molecular weight excluding hydrogens is 354 g/mol. The van der Waals surface area contributed by atoms with Gasteiger partial charge >= 0.3 is 0 Å². The van der Waals surface area contributed by atoms with E-state index in [0.717, 1.165) is 23.9 Å². The van der Waals surface area contributed by atoms with Crippen LogP contribution in [0.5, 0.6) is 5.88 Å². The van der Waals surface area contributed by atoms with Gasteiger partial charge in [-0.25, -0.2) is 4.98 Å². The molecule has 0 N–H and O–H groups in total. The average molecular weight is 373 g/mol. The minimum absolute atomic E-state index is 0.0171. The molecular formula is C21H19N5O2. The Kier molecular flexibility index (Phi) is 5.11. The standard InChI is InChI=1S/C21H19N5O2/c22-13-17-2-1-7-25-20(17)28-14-15-5-10-26(11-6-15)21(27)16-3-4-18-19(12-16)24-9-8-23-18/h1-4,7-9,12,15H,5-6,10-11,14H2. The number of aromatic nitrogens is 3. The fraction of sp³-hybridized carbons (Fsp3) is 0.286. The predicted octanol–water partition coefficient (Wildman–Crippen LogP) is 2.83. The number of likely N-dealkylation sites (tertiary alicyclic amines) is 1. The predicted molar refractivity (Wildman–Crippen MR) is 103 cm³/mol. The lowest BCUT2D eigenvalue weighted by atomic mass is 9.97. The number of carbonyl (C=O) groups excluding carboxylic acids is 1. The van der Waals surface area contributed by atoms with Crippen molar-refractivity contribution in [2.24, 2.45) is 5.92 Å². The molecule has 0 aliphatic carbocycles. The molecule has 3 aromatic rings. The van der Waals surface area contributed by atoms with Crippen LogP contribution < -0.4 is 4.74 Å². The van der Waals surface area contributed by atoms with E-state index in [4.69, 9.17) is 10.00 Å². The van der Waals surface area contributed by atoms with Crippen LogP contribution in [0, 0.1) is 17.2 Å². The van der Waals surface area contributed by atoms with Crippen molar-refractivity contribution in [1.29, 1.82) is 5.26 Å². The first-order valence-corrected chi connectivity index (χ1v) is 9.22. The number of carbonyl (C=O) groups is 1. The van der Waals surface area contributed by atoms with Crippen molar-refractivity contribution in [2.45, 2.75) is 12.8 Å². The normalized spacial score (nSPS) is 14.6. The Bertz CT molecular complexity index is 1040. The third kappa shape index (κ3) is 3.76. The Hall–Kier alpha value is -3.53. The Labute approximate surface area is 162 Å². The second kappa shape index (κ2) is 8.01. The molecule has 7 heteroatoms. The molecule has 1 amide bonds. The Morgan fingerprint density at radius 3 is 2.68 bits per heavy atom. The van der Waals surface area contributed by atoms with Gasteiger partial charge in [0.15, 0.2) is 0 Å². The van der Waals surface area contributed by atoms with Crippen LogP contribution in [0.15, 0.2) is 48.9 Å². The highest BCUT2D eigenvalue weighted by atomic mass is 16.5. The van der Waals surface area contributed by atoms with Gasteiger partial charge in [-0.05, 0) is 49.1 Å². The van der Waals surface area contributed by atoms with Crippen LogP contribution in [0.4, 0.5) is 0 Å². The molecule has 0 spiro atoms. The lowest BCUT2D eigenvalue weighted by molar-refractivity contribution is 0.0659. The number of nitrogens with zero attached hydrogens (tertiary/aromatic N) is 5.